The summed E-state index contributed by atoms with van der Waals surface area (Å²) < 4.78 is 0. The molecule has 1 aliphatic heterocycles. The van der Waals surface area contributed by atoms with Gasteiger partial charge in [0.1, 0.15) is 6.54 Å². The number of thiazole rings is 1. The number of rotatable bonds is 7. The first-order valence-corrected chi connectivity index (χ1v) is 10.3. The number of Topliss-reactive ketones (excluding diaryl/α,β-unsaturated/α-hetero) is 1. The fourth-order valence-electron chi connectivity index (χ4n) is 3.13. The average Bonchev–Trinajstić information content (AvgIpc) is 3.31. The van der Waals surface area contributed by atoms with Crippen molar-refractivity contribution in [1.29, 1.82) is 0 Å². The summed E-state index contributed by atoms with van der Waals surface area (Å²) in [5, 5.41) is 8.27. The number of hydrogen-bond acceptors (Lipinski definition) is 7. The number of ketones is 1. The van der Waals surface area contributed by atoms with Gasteiger partial charge in [0.25, 0.3) is 11.8 Å². The van der Waals surface area contributed by atoms with Crippen LogP contribution < -0.4 is 10.6 Å². The van der Waals surface area contributed by atoms with E-state index >= 15 is 0 Å². The molecule has 2 heterocycles. The van der Waals surface area contributed by atoms with E-state index < -0.39 is 17.7 Å². The van der Waals surface area contributed by atoms with Crippen molar-refractivity contribution in [1.82, 2.24) is 15.2 Å². The predicted octanol–water partition coefficient (Wildman–Crippen LogP) is 3.00. The third-order valence-corrected chi connectivity index (χ3v) is 5.55. The molecule has 0 spiro atoms. The van der Waals surface area contributed by atoms with Gasteiger partial charge in [-0.3, -0.25) is 24.1 Å². The average molecular weight is 434 g/mol. The van der Waals surface area contributed by atoms with Crippen LogP contribution in [-0.4, -0.2) is 39.9 Å². The Bertz CT molecular complexity index is 1150. The zero-order chi connectivity index (χ0) is 22.0. The lowest BCUT2D eigenvalue weighted by Crippen LogP contribution is -2.40. The van der Waals surface area contributed by atoms with Crippen LogP contribution in [0.1, 0.15) is 43.7 Å². The second-order valence-corrected chi connectivity index (χ2v) is 7.78. The first-order valence-electron chi connectivity index (χ1n) is 9.47. The number of benzene rings is 2. The van der Waals surface area contributed by atoms with Crippen LogP contribution in [0.5, 0.6) is 0 Å². The van der Waals surface area contributed by atoms with Crippen molar-refractivity contribution < 1.29 is 19.2 Å². The van der Waals surface area contributed by atoms with Crippen LogP contribution in [0.2, 0.25) is 0 Å². The summed E-state index contributed by atoms with van der Waals surface area (Å²) in [4.78, 5) is 53.6. The van der Waals surface area contributed by atoms with Gasteiger partial charge in [0.2, 0.25) is 5.91 Å². The molecule has 0 bridgehead atoms. The molecule has 4 rings (SSSR count). The first-order chi connectivity index (χ1) is 14.9. The van der Waals surface area contributed by atoms with Gasteiger partial charge in [-0.1, -0.05) is 12.1 Å². The Balaban J connectivity index is 1.31. The second-order valence-electron chi connectivity index (χ2n) is 6.92. The maximum absolute atomic E-state index is 12.3. The van der Waals surface area contributed by atoms with Gasteiger partial charge in [-0.15, -0.1) is 11.3 Å². The molecule has 1 aromatic heterocycles. The topological polar surface area (TPSA) is 108 Å². The molecule has 0 radical (unpaired) electrons. The molecule has 0 saturated heterocycles. The molecule has 3 aromatic rings. The Hall–Kier alpha value is -3.85. The molecule has 0 unspecified atom stereocenters. The van der Waals surface area contributed by atoms with E-state index in [2.05, 4.69) is 15.6 Å². The van der Waals surface area contributed by atoms with E-state index in [1.165, 1.54) is 18.3 Å². The van der Waals surface area contributed by atoms with Crippen LogP contribution in [0.4, 0.5) is 10.8 Å². The summed E-state index contributed by atoms with van der Waals surface area (Å²) in [5.41, 5.74) is 2.69. The van der Waals surface area contributed by atoms with Gasteiger partial charge in [0.05, 0.1) is 23.4 Å². The molecule has 2 N–H and O–H groups in total. The Morgan fingerprint density at radius 3 is 2.26 bits per heavy atom. The first kappa shape index (κ1) is 20.4. The fourth-order valence-corrected chi connectivity index (χ4v) is 3.86. The highest BCUT2D eigenvalue weighted by Crippen LogP contribution is 2.23. The summed E-state index contributed by atoms with van der Waals surface area (Å²) in [6, 6.07) is 13.6. The van der Waals surface area contributed by atoms with E-state index in [-0.39, 0.29) is 18.9 Å². The number of carbonyl (C=O) groups is 4. The number of carbonyl (C=O) groups excluding carboxylic acids is 4. The molecule has 9 heteroatoms. The lowest BCUT2D eigenvalue weighted by atomic mass is 10.1. The van der Waals surface area contributed by atoms with Crippen molar-refractivity contribution in [3.05, 3.63) is 76.3 Å². The fraction of sp³-hybridized carbons (Fsp3) is 0.136. The maximum atomic E-state index is 12.3. The van der Waals surface area contributed by atoms with Crippen molar-refractivity contribution in [3.63, 3.8) is 0 Å². The number of amides is 3. The van der Waals surface area contributed by atoms with Crippen molar-refractivity contribution in [2.75, 3.05) is 11.9 Å². The number of imide groups is 1. The maximum Gasteiger partial charge on any atom is 0.262 e. The summed E-state index contributed by atoms with van der Waals surface area (Å²) in [6.07, 6.45) is 0. The quantitative estimate of drug-likeness (QED) is 0.437. The monoisotopic (exact) mass is 434 g/mol. The van der Waals surface area contributed by atoms with E-state index in [4.69, 9.17) is 0 Å². The zero-order valence-corrected chi connectivity index (χ0v) is 17.4. The Morgan fingerprint density at radius 1 is 1.00 bits per heavy atom. The highest BCUT2D eigenvalue weighted by molar-refractivity contribution is 7.13. The molecule has 3 amide bonds. The molecule has 156 valence electrons. The number of anilines is 2. The van der Waals surface area contributed by atoms with Crippen molar-refractivity contribution in [2.24, 2.45) is 0 Å². The summed E-state index contributed by atoms with van der Waals surface area (Å²) >= 11 is 1.37. The molecule has 0 atom stereocenters. The number of aromatic nitrogens is 1. The largest absolute Gasteiger partial charge is 0.349 e. The molecule has 0 aliphatic carbocycles. The van der Waals surface area contributed by atoms with Gasteiger partial charge in [-0.25, -0.2) is 4.98 Å². The number of nitrogens with zero attached hydrogens (tertiary/aromatic N) is 2. The van der Waals surface area contributed by atoms with Crippen LogP contribution in [0.15, 0.2) is 53.9 Å². The van der Waals surface area contributed by atoms with Crippen molar-refractivity contribution in [2.45, 2.75) is 13.5 Å². The molecule has 0 fully saturated rings. The van der Waals surface area contributed by atoms with Crippen LogP contribution in [0.25, 0.3) is 0 Å². The van der Waals surface area contributed by atoms with Crippen LogP contribution in [0.3, 0.4) is 0 Å². The normalized spacial score (nSPS) is 12.6. The van der Waals surface area contributed by atoms with Gasteiger partial charge >= 0.3 is 0 Å². The molecule has 2 aromatic carbocycles. The lowest BCUT2D eigenvalue weighted by Gasteiger charge is -2.13. The van der Waals surface area contributed by atoms with Crippen LogP contribution in [0, 0.1) is 0 Å². The summed E-state index contributed by atoms with van der Waals surface area (Å²) in [5.74, 6) is -1.38. The zero-order valence-electron chi connectivity index (χ0n) is 16.5. The standard InChI is InChI=1S/C22H18N4O4S/c1-13(27)14-6-8-15(9-7-14)24-22-25-16(12-31-22)10-23-19(28)11-26-20(29)17-4-2-3-5-18(17)21(26)30/h2-9,12H,10-11H2,1H3,(H,23,28)(H,24,25). The summed E-state index contributed by atoms with van der Waals surface area (Å²) in [7, 11) is 0. The highest BCUT2D eigenvalue weighted by Gasteiger charge is 2.36. The Kier molecular flexibility index (Phi) is 5.59. The molecule has 1 aliphatic rings. The van der Waals surface area contributed by atoms with Crippen molar-refractivity contribution in [3.8, 4) is 0 Å². The van der Waals surface area contributed by atoms with Gasteiger partial charge < -0.3 is 10.6 Å². The molecular weight excluding hydrogens is 416 g/mol. The minimum atomic E-state index is -0.466. The lowest BCUT2D eigenvalue weighted by molar-refractivity contribution is -0.121. The minimum absolute atomic E-state index is 0.0000342. The van der Waals surface area contributed by atoms with E-state index in [0.29, 0.717) is 27.5 Å². The summed E-state index contributed by atoms with van der Waals surface area (Å²) in [6.45, 7) is 1.34. The number of hydrogen-bond donors (Lipinski definition) is 2. The molecule has 8 nitrogen and oxygen atoms in total. The minimum Gasteiger partial charge on any atom is -0.349 e. The van der Waals surface area contributed by atoms with Crippen molar-refractivity contribution >= 4 is 45.7 Å². The smallest absolute Gasteiger partial charge is 0.262 e. The van der Waals surface area contributed by atoms with Gasteiger partial charge in [0.15, 0.2) is 10.9 Å². The highest BCUT2D eigenvalue weighted by atomic mass is 32.1. The molecular formula is C22H18N4O4S. The van der Waals surface area contributed by atoms with E-state index in [0.717, 1.165) is 10.6 Å². The number of nitrogens with one attached hydrogen (secondary N) is 2. The van der Waals surface area contributed by atoms with E-state index in [1.54, 1.807) is 53.9 Å². The Labute approximate surface area is 181 Å². The van der Waals surface area contributed by atoms with Crippen LogP contribution in [-0.2, 0) is 11.3 Å². The molecule has 0 saturated carbocycles. The van der Waals surface area contributed by atoms with Gasteiger partial charge in [0, 0.05) is 16.6 Å². The SMILES string of the molecule is CC(=O)c1ccc(Nc2nc(CNC(=O)CN3C(=O)c4ccccc4C3=O)cs2)cc1. The number of fused-ring (bicyclic) bond motifs is 1. The predicted molar refractivity (Wildman–Crippen MR) is 115 cm³/mol. The molecule has 31 heavy (non-hydrogen) atoms. The van der Waals surface area contributed by atoms with E-state index in [9.17, 15) is 19.2 Å². The third kappa shape index (κ3) is 4.36. The second kappa shape index (κ2) is 8.49. The van der Waals surface area contributed by atoms with E-state index in [1.807, 2.05) is 0 Å². The van der Waals surface area contributed by atoms with Gasteiger partial charge in [-0.05, 0) is 43.3 Å². The van der Waals surface area contributed by atoms with Crippen LogP contribution >= 0.6 is 11.3 Å². The third-order valence-electron chi connectivity index (χ3n) is 4.74. The Morgan fingerprint density at radius 2 is 1.65 bits per heavy atom. The van der Waals surface area contributed by atoms with Gasteiger partial charge in [-0.2, -0.15) is 0 Å².